The Kier molecular flexibility index (Phi) is 4.04. The molecular formula is C18H24ClNO3. The van der Waals surface area contributed by atoms with Gasteiger partial charge in [-0.2, -0.15) is 0 Å². The third-order valence-corrected chi connectivity index (χ3v) is 5.85. The van der Waals surface area contributed by atoms with Gasteiger partial charge in [-0.25, -0.2) is 0 Å². The van der Waals surface area contributed by atoms with E-state index in [9.17, 15) is 0 Å². The number of rotatable bonds is 3. The number of piperidine rings is 1. The Bertz CT molecular complexity index is 550. The number of halogens is 1. The van der Waals surface area contributed by atoms with E-state index in [1.165, 1.54) is 12.8 Å². The van der Waals surface area contributed by atoms with Gasteiger partial charge in [0.2, 0.25) is 0 Å². The van der Waals surface area contributed by atoms with Gasteiger partial charge in [0.15, 0.2) is 6.29 Å². The first kappa shape index (κ1) is 15.7. The molecule has 2 bridgehead atoms. The molecule has 4 rings (SSSR count). The fraction of sp³-hybridized carbons (Fsp3) is 0.667. The van der Waals surface area contributed by atoms with Gasteiger partial charge in [0.1, 0.15) is 11.9 Å². The Morgan fingerprint density at radius 1 is 1.22 bits per heavy atom. The van der Waals surface area contributed by atoms with Crippen LogP contribution in [0.15, 0.2) is 24.3 Å². The fourth-order valence-electron chi connectivity index (χ4n) is 4.30. The van der Waals surface area contributed by atoms with Gasteiger partial charge in [0, 0.05) is 17.1 Å². The summed E-state index contributed by atoms with van der Waals surface area (Å²) >= 11 is 5.91. The average Bonchev–Trinajstić information content (AvgIpc) is 3.01. The van der Waals surface area contributed by atoms with Gasteiger partial charge in [-0.1, -0.05) is 11.6 Å². The summed E-state index contributed by atoms with van der Waals surface area (Å²) in [6, 6.07) is 8.69. The molecule has 23 heavy (non-hydrogen) atoms. The largest absolute Gasteiger partial charge is 0.485 e. The highest BCUT2D eigenvalue weighted by atomic mass is 35.5. The van der Waals surface area contributed by atoms with E-state index in [0.29, 0.717) is 23.7 Å². The van der Waals surface area contributed by atoms with Gasteiger partial charge in [0.25, 0.3) is 0 Å². The number of hydrogen-bond acceptors (Lipinski definition) is 4. The van der Waals surface area contributed by atoms with E-state index in [4.69, 9.17) is 25.8 Å². The molecule has 0 saturated carbocycles. The van der Waals surface area contributed by atoms with Gasteiger partial charge in [-0.15, -0.1) is 0 Å². The molecule has 126 valence electrons. The van der Waals surface area contributed by atoms with Crippen LogP contribution in [0.3, 0.4) is 0 Å². The summed E-state index contributed by atoms with van der Waals surface area (Å²) in [5.41, 5.74) is -0.110. The molecule has 3 aliphatic rings. The first-order chi connectivity index (χ1) is 11.0. The van der Waals surface area contributed by atoms with Gasteiger partial charge in [-0.3, -0.25) is 0 Å². The summed E-state index contributed by atoms with van der Waals surface area (Å²) in [6.45, 7) is 2.69. The van der Waals surface area contributed by atoms with Crippen molar-refractivity contribution in [2.24, 2.45) is 0 Å². The molecule has 1 aromatic rings. The lowest BCUT2D eigenvalue weighted by Gasteiger charge is -2.41. The Hall–Kier alpha value is -0.810. The normalized spacial score (nSPS) is 38.1. The van der Waals surface area contributed by atoms with Crippen molar-refractivity contribution >= 4 is 11.6 Å². The molecule has 5 heteroatoms. The van der Waals surface area contributed by atoms with Crippen LogP contribution >= 0.6 is 11.6 Å². The second-order valence-electron chi connectivity index (χ2n) is 7.22. The molecule has 3 unspecified atom stereocenters. The zero-order chi connectivity index (χ0) is 16.0. The maximum Gasteiger partial charge on any atom is 0.195 e. The predicted molar refractivity (Wildman–Crippen MR) is 88.9 cm³/mol. The van der Waals surface area contributed by atoms with Crippen LogP contribution in [-0.4, -0.2) is 48.6 Å². The average molecular weight is 338 g/mol. The minimum absolute atomic E-state index is 0.110. The fourth-order valence-corrected chi connectivity index (χ4v) is 4.43. The Morgan fingerprint density at radius 3 is 2.52 bits per heavy atom. The zero-order valence-electron chi connectivity index (χ0n) is 13.7. The summed E-state index contributed by atoms with van der Waals surface area (Å²) in [6.07, 6.45) is 4.27. The summed E-state index contributed by atoms with van der Waals surface area (Å²) in [5.74, 6) is 0.790. The second-order valence-corrected chi connectivity index (χ2v) is 7.65. The second kappa shape index (κ2) is 5.92. The van der Waals surface area contributed by atoms with Crippen LogP contribution in [0.1, 0.15) is 32.6 Å². The van der Waals surface area contributed by atoms with Crippen LogP contribution in [0.4, 0.5) is 0 Å². The number of fused-ring (bicyclic) bond motifs is 2. The third-order valence-electron chi connectivity index (χ3n) is 5.60. The van der Waals surface area contributed by atoms with Crippen LogP contribution in [0, 0.1) is 0 Å². The van der Waals surface area contributed by atoms with E-state index in [1.807, 2.05) is 31.2 Å². The lowest BCUT2D eigenvalue weighted by atomic mass is 9.87. The molecule has 0 aliphatic carbocycles. The van der Waals surface area contributed by atoms with E-state index in [0.717, 1.165) is 18.6 Å². The van der Waals surface area contributed by atoms with Crippen LogP contribution < -0.4 is 4.74 Å². The van der Waals surface area contributed by atoms with E-state index >= 15 is 0 Å². The number of benzene rings is 1. The quantitative estimate of drug-likeness (QED) is 0.845. The maximum atomic E-state index is 6.38. The smallest absolute Gasteiger partial charge is 0.195 e. The maximum absolute atomic E-state index is 6.38. The molecule has 0 N–H and O–H groups in total. The van der Waals surface area contributed by atoms with Crippen LogP contribution in [-0.2, 0) is 9.47 Å². The lowest BCUT2D eigenvalue weighted by molar-refractivity contribution is -0.151. The molecule has 3 heterocycles. The van der Waals surface area contributed by atoms with Crippen LogP contribution in [0.25, 0.3) is 0 Å². The molecule has 3 aliphatic heterocycles. The van der Waals surface area contributed by atoms with Crippen molar-refractivity contribution in [2.75, 3.05) is 13.7 Å². The molecule has 0 aromatic heterocycles. The highest BCUT2D eigenvalue weighted by Crippen LogP contribution is 2.45. The SMILES string of the molecule is CC(Oc1ccc(Cl)cc1)C1OCC2(C[C@H]3CC[C@@H](C2)N3C)O1. The Balaban J connectivity index is 1.39. The molecule has 4 nitrogen and oxygen atoms in total. The molecule has 5 atom stereocenters. The van der Waals surface area contributed by atoms with Gasteiger partial charge < -0.3 is 19.1 Å². The molecular weight excluding hydrogens is 314 g/mol. The van der Waals surface area contributed by atoms with Gasteiger partial charge in [-0.05, 0) is 63.9 Å². The molecule has 0 amide bonds. The number of hydrogen-bond donors (Lipinski definition) is 0. The molecule has 3 saturated heterocycles. The third kappa shape index (κ3) is 2.98. The highest BCUT2D eigenvalue weighted by Gasteiger charge is 2.52. The van der Waals surface area contributed by atoms with Crippen molar-refractivity contribution in [3.63, 3.8) is 0 Å². The van der Waals surface area contributed by atoms with Gasteiger partial charge in [0.05, 0.1) is 12.2 Å². The van der Waals surface area contributed by atoms with E-state index in [-0.39, 0.29) is 18.0 Å². The first-order valence-corrected chi connectivity index (χ1v) is 8.86. The van der Waals surface area contributed by atoms with Crippen molar-refractivity contribution < 1.29 is 14.2 Å². The number of ether oxygens (including phenoxy) is 3. The summed E-state index contributed by atoms with van der Waals surface area (Å²) < 4.78 is 18.3. The number of nitrogens with zero attached hydrogens (tertiary/aromatic N) is 1. The molecule has 1 spiro atoms. The highest BCUT2D eigenvalue weighted by molar-refractivity contribution is 6.30. The van der Waals surface area contributed by atoms with E-state index in [1.54, 1.807) is 0 Å². The Morgan fingerprint density at radius 2 is 1.87 bits per heavy atom. The summed E-state index contributed by atoms with van der Waals surface area (Å²) in [5, 5.41) is 0.708. The van der Waals surface area contributed by atoms with Crippen molar-refractivity contribution in [1.29, 1.82) is 0 Å². The lowest BCUT2D eigenvalue weighted by Crippen LogP contribution is -2.51. The van der Waals surface area contributed by atoms with Crippen molar-refractivity contribution in [3.05, 3.63) is 29.3 Å². The monoisotopic (exact) mass is 337 g/mol. The van der Waals surface area contributed by atoms with Crippen molar-refractivity contribution in [3.8, 4) is 5.75 Å². The minimum Gasteiger partial charge on any atom is -0.485 e. The topological polar surface area (TPSA) is 30.9 Å². The molecule has 1 aromatic carbocycles. The van der Waals surface area contributed by atoms with Crippen molar-refractivity contribution in [1.82, 2.24) is 4.90 Å². The van der Waals surface area contributed by atoms with Crippen LogP contribution in [0.2, 0.25) is 5.02 Å². The van der Waals surface area contributed by atoms with Crippen molar-refractivity contribution in [2.45, 2.75) is 62.7 Å². The van der Waals surface area contributed by atoms with E-state index in [2.05, 4.69) is 11.9 Å². The minimum atomic E-state index is -0.298. The molecule has 3 fully saturated rings. The molecule has 0 radical (unpaired) electrons. The van der Waals surface area contributed by atoms with Gasteiger partial charge >= 0.3 is 0 Å². The predicted octanol–water partition coefficient (Wildman–Crippen LogP) is 3.48. The Labute approximate surface area is 142 Å². The standard InChI is InChI=1S/C18H24ClNO3/c1-12(22-16-7-3-13(19)4-8-16)17-21-11-18(23-17)9-14-5-6-15(10-18)20(14)2/h3-4,7-8,12,14-15,17H,5-6,9-11H2,1-2H3/t12?,14-,15+,17?,18?. The first-order valence-electron chi connectivity index (χ1n) is 8.48. The van der Waals surface area contributed by atoms with E-state index < -0.39 is 0 Å². The summed E-state index contributed by atoms with van der Waals surface area (Å²) in [4.78, 5) is 2.52. The van der Waals surface area contributed by atoms with Crippen LogP contribution in [0.5, 0.6) is 5.75 Å². The summed E-state index contributed by atoms with van der Waals surface area (Å²) in [7, 11) is 2.24. The zero-order valence-corrected chi connectivity index (χ0v) is 14.5.